The molecular formula is C74H141NO5. The van der Waals surface area contributed by atoms with Gasteiger partial charge in [-0.1, -0.05) is 359 Å². The number of rotatable bonds is 68. The van der Waals surface area contributed by atoms with Crippen LogP contribution in [0.1, 0.15) is 399 Å². The molecule has 2 unspecified atom stereocenters. The molecule has 0 rings (SSSR count). The highest BCUT2D eigenvalue weighted by Crippen LogP contribution is 2.19. The van der Waals surface area contributed by atoms with E-state index >= 15 is 0 Å². The lowest BCUT2D eigenvalue weighted by atomic mass is 10.0. The van der Waals surface area contributed by atoms with Gasteiger partial charge in [0.25, 0.3) is 0 Å². The molecule has 1 amide bonds. The predicted molar refractivity (Wildman–Crippen MR) is 352 cm³/mol. The van der Waals surface area contributed by atoms with Crippen LogP contribution in [0.5, 0.6) is 0 Å². The summed E-state index contributed by atoms with van der Waals surface area (Å²) in [5.74, 6) is -0.0446. The number of hydrogen-bond donors (Lipinski definition) is 3. The molecule has 0 aromatic rings. The molecule has 0 aliphatic rings. The Morgan fingerprint density at radius 3 is 0.950 bits per heavy atom. The van der Waals surface area contributed by atoms with Crippen molar-refractivity contribution in [3.05, 3.63) is 36.5 Å². The van der Waals surface area contributed by atoms with Crippen LogP contribution in [0.15, 0.2) is 36.5 Å². The molecule has 6 nitrogen and oxygen atoms in total. The quantitative estimate of drug-likeness (QED) is 0.0320. The van der Waals surface area contributed by atoms with Crippen LogP contribution < -0.4 is 5.32 Å². The van der Waals surface area contributed by atoms with E-state index in [1.54, 1.807) is 6.08 Å². The van der Waals surface area contributed by atoms with E-state index in [0.29, 0.717) is 19.4 Å². The van der Waals surface area contributed by atoms with E-state index in [9.17, 15) is 19.8 Å². The number of hydrogen-bond acceptors (Lipinski definition) is 5. The van der Waals surface area contributed by atoms with Gasteiger partial charge in [-0.25, -0.2) is 0 Å². The molecule has 472 valence electrons. The van der Waals surface area contributed by atoms with Crippen LogP contribution in [0.3, 0.4) is 0 Å². The minimum Gasteiger partial charge on any atom is -0.466 e. The Bertz CT molecular complexity index is 1300. The second-order valence-electron chi connectivity index (χ2n) is 24.9. The van der Waals surface area contributed by atoms with E-state index in [0.717, 1.165) is 44.9 Å². The third-order valence-electron chi connectivity index (χ3n) is 16.9. The molecule has 0 saturated heterocycles. The summed E-state index contributed by atoms with van der Waals surface area (Å²) >= 11 is 0. The lowest BCUT2D eigenvalue weighted by molar-refractivity contribution is -0.143. The highest BCUT2D eigenvalue weighted by atomic mass is 16.5. The molecule has 0 bridgehead atoms. The number of esters is 1. The molecule has 80 heavy (non-hydrogen) atoms. The number of amides is 1. The third-order valence-corrected chi connectivity index (χ3v) is 16.9. The molecule has 0 saturated carbocycles. The van der Waals surface area contributed by atoms with Crippen LogP contribution in [0, 0.1) is 0 Å². The number of carbonyl (C=O) groups is 2. The summed E-state index contributed by atoms with van der Waals surface area (Å²) in [6.45, 7) is 4.92. The van der Waals surface area contributed by atoms with E-state index in [1.807, 2.05) is 6.08 Å². The molecule has 0 aliphatic carbocycles. The number of aliphatic hydroxyl groups excluding tert-OH is 2. The maximum absolute atomic E-state index is 12.4. The predicted octanol–water partition coefficient (Wildman–Crippen LogP) is 23.5. The summed E-state index contributed by atoms with van der Waals surface area (Å²) in [6, 6.07) is -0.625. The summed E-state index contributed by atoms with van der Waals surface area (Å²) in [7, 11) is 0. The van der Waals surface area contributed by atoms with Crippen molar-refractivity contribution in [3.8, 4) is 0 Å². The van der Waals surface area contributed by atoms with Gasteiger partial charge in [-0.2, -0.15) is 0 Å². The number of carbonyl (C=O) groups excluding carboxylic acids is 2. The molecule has 0 radical (unpaired) electrons. The second-order valence-corrected chi connectivity index (χ2v) is 24.9. The van der Waals surface area contributed by atoms with Gasteiger partial charge in [-0.15, -0.1) is 0 Å². The topological polar surface area (TPSA) is 95.9 Å². The van der Waals surface area contributed by atoms with Crippen molar-refractivity contribution in [2.45, 2.75) is 411 Å². The molecule has 6 heteroatoms. The summed E-state index contributed by atoms with van der Waals surface area (Å²) < 4.78 is 5.51. The fourth-order valence-corrected chi connectivity index (χ4v) is 11.4. The Balaban J connectivity index is 3.35. The average Bonchev–Trinajstić information content (AvgIpc) is 3.46. The highest BCUT2D eigenvalue weighted by molar-refractivity contribution is 5.76. The lowest BCUT2D eigenvalue weighted by Crippen LogP contribution is -2.45. The van der Waals surface area contributed by atoms with Crippen LogP contribution in [0.4, 0.5) is 0 Å². The Labute approximate surface area is 500 Å². The van der Waals surface area contributed by atoms with Gasteiger partial charge in [0.1, 0.15) is 0 Å². The fourth-order valence-electron chi connectivity index (χ4n) is 11.4. The van der Waals surface area contributed by atoms with Crippen molar-refractivity contribution in [1.29, 1.82) is 0 Å². The van der Waals surface area contributed by atoms with E-state index < -0.39 is 12.1 Å². The Kier molecular flexibility index (Phi) is 67.9. The molecule has 3 N–H and O–H groups in total. The SMILES string of the molecule is CCCCCCCCCCC/C=C/C(O)C(CO)NC(=O)CCCCCCCCCCCCCCCCCCC/C=C\C/C=C\CCCCCCCCCCCCCOC(=O)CCCCCCCCCCCCCCCCCCC. The Morgan fingerprint density at radius 2 is 0.625 bits per heavy atom. The van der Waals surface area contributed by atoms with E-state index in [2.05, 4.69) is 43.5 Å². The second kappa shape index (κ2) is 69.6. The van der Waals surface area contributed by atoms with Crippen molar-refractivity contribution >= 4 is 11.9 Å². The lowest BCUT2D eigenvalue weighted by Gasteiger charge is -2.20. The van der Waals surface area contributed by atoms with Crippen LogP contribution >= 0.6 is 0 Å². The first-order valence-electron chi connectivity index (χ1n) is 36.3. The minimum absolute atomic E-state index is 0.0209. The van der Waals surface area contributed by atoms with Crippen molar-refractivity contribution in [2.24, 2.45) is 0 Å². The first-order valence-corrected chi connectivity index (χ1v) is 36.3. The van der Waals surface area contributed by atoms with E-state index in [1.165, 1.54) is 327 Å². The van der Waals surface area contributed by atoms with Gasteiger partial charge >= 0.3 is 5.97 Å². The fraction of sp³-hybridized carbons (Fsp3) is 0.892. The normalized spacial score (nSPS) is 12.7. The van der Waals surface area contributed by atoms with Gasteiger partial charge in [-0.05, 0) is 64.2 Å². The molecule has 0 spiro atoms. The monoisotopic (exact) mass is 1120 g/mol. The van der Waals surface area contributed by atoms with E-state index in [4.69, 9.17) is 4.74 Å². The van der Waals surface area contributed by atoms with Gasteiger partial charge in [0.2, 0.25) is 5.91 Å². The maximum Gasteiger partial charge on any atom is 0.305 e. The molecule has 0 aliphatic heterocycles. The number of aliphatic hydroxyl groups is 2. The summed E-state index contributed by atoms with van der Waals surface area (Å²) in [6.07, 6.45) is 89.6. The van der Waals surface area contributed by atoms with Gasteiger partial charge in [0.05, 0.1) is 25.4 Å². The van der Waals surface area contributed by atoms with Gasteiger partial charge in [0, 0.05) is 12.8 Å². The Hall–Kier alpha value is -1.92. The summed E-state index contributed by atoms with van der Waals surface area (Å²) in [5, 5.41) is 23.1. The zero-order valence-electron chi connectivity index (χ0n) is 54.1. The largest absolute Gasteiger partial charge is 0.466 e. The molecule has 2 atom stereocenters. The van der Waals surface area contributed by atoms with Crippen LogP contribution in [-0.4, -0.2) is 47.4 Å². The minimum atomic E-state index is -0.841. The number of ether oxygens (including phenoxy) is 1. The molecule has 0 fully saturated rings. The van der Waals surface area contributed by atoms with Crippen molar-refractivity contribution < 1.29 is 24.5 Å². The third kappa shape index (κ3) is 65.2. The van der Waals surface area contributed by atoms with Crippen molar-refractivity contribution in [3.63, 3.8) is 0 Å². The van der Waals surface area contributed by atoms with Gasteiger partial charge in [-0.3, -0.25) is 9.59 Å². The number of nitrogens with one attached hydrogen (secondary N) is 1. The van der Waals surface area contributed by atoms with Crippen molar-refractivity contribution in [1.82, 2.24) is 5.32 Å². The van der Waals surface area contributed by atoms with E-state index in [-0.39, 0.29) is 18.5 Å². The first kappa shape index (κ1) is 78.1. The Morgan fingerprint density at radius 1 is 0.350 bits per heavy atom. The summed E-state index contributed by atoms with van der Waals surface area (Å²) in [4.78, 5) is 24.5. The molecule has 0 aromatic carbocycles. The molecule has 0 aromatic heterocycles. The maximum atomic E-state index is 12.4. The standard InChI is InChI=1S/C74H141NO5/c1-3-5-7-9-11-13-15-16-17-37-41-44-48-52-56-60-64-68-74(79)80-69-65-61-57-53-49-45-42-39-36-34-32-30-28-26-24-22-20-18-19-21-23-25-27-29-31-33-35-38-40-43-47-51-55-59-63-67-73(78)75-71(70-76)72(77)66-62-58-54-50-46-14-12-10-8-6-4-2/h20,22,26,28,62,66,71-72,76-77H,3-19,21,23-25,27,29-61,63-65,67-70H2,1-2H3,(H,75,78)/b22-20-,28-26-,66-62+. The van der Waals surface area contributed by atoms with Crippen LogP contribution in [-0.2, 0) is 14.3 Å². The number of unbranched alkanes of at least 4 members (excludes halogenated alkanes) is 53. The van der Waals surface area contributed by atoms with Gasteiger partial charge in [0.15, 0.2) is 0 Å². The zero-order chi connectivity index (χ0) is 57.8. The molecular weight excluding hydrogens is 983 g/mol. The first-order chi connectivity index (χ1) is 39.5. The smallest absolute Gasteiger partial charge is 0.305 e. The molecule has 0 heterocycles. The zero-order valence-corrected chi connectivity index (χ0v) is 54.1. The summed E-state index contributed by atoms with van der Waals surface area (Å²) in [5.41, 5.74) is 0. The van der Waals surface area contributed by atoms with Crippen LogP contribution in [0.25, 0.3) is 0 Å². The number of allylic oxidation sites excluding steroid dienone is 5. The van der Waals surface area contributed by atoms with Gasteiger partial charge < -0.3 is 20.3 Å². The van der Waals surface area contributed by atoms with Crippen LogP contribution in [0.2, 0.25) is 0 Å². The average molecular weight is 1120 g/mol. The van der Waals surface area contributed by atoms with Crippen molar-refractivity contribution in [2.75, 3.05) is 13.2 Å². The highest BCUT2D eigenvalue weighted by Gasteiger charge is 2.18.